The van der Waals surface area contributed by atoms with Gasteiger partial charge in [-0.1, -0.05) is 22.0 Å². The smallest absolute Gasteiger partial charge is 0.118 e. The van der Waals surface area contributed by atoms with Gasteiger partial charge in [-0.25, -0.2) is 4.99 Å². The average Bonchev–Trinajstić information content (AvgIpc) is 2.19. The van der Waals surface area contributed by atoms with Crippen molar-refractivity contribution >= 4 is 22.1 Å². The highest BCUT2D eigenvalue weighted by molar-refractivity contribution is 9.10. The van der Waals surface area contributed by atoms with Crippen LogP contribution in [0, 0.1) is 6.92 Å². The molecule has 0 bridgehead atoms. The highest BCUT2D eigenvalue weighted by Gasteiger charge is 1.94. The molecule has 0 saturated carbocycles. The van der Waals surface area contributed by atoms with Crippen LogP contribution >= 0.6 is 15.9 Å². The molecule has 0 aliphatic rings. The quantitative estimate of drug-likeness (QED) is 0.808. The van der Waals surface area contributed by atoms with Crippen LogP contribution in [0.4, 0.5) is 0 Å². The van der Waals surface area contributed by atoms with Crippen LogP contribution in [0.3, 0.4) is 0 Å². The number of aryl methyl sites for hydroxylation is 1. The van der Waals surface area contributed by atoms with Gasteiger partial charge in [0, 0.05) is 10.7 Å². The first kappa shape index (κ1) is 11.0. The number of halogens is 1. The maximum absolute atomic E-state index is 5.54. The number of rotatable bonds is 2. The van der Waals surface area contributed by atoms with E-state index in [0.29, 0.717) is 5.82 Å². The van der Waals surface area contributed by atoms with Crippen molar-refractivity contribution in [2.75, 3.05) is 0 Å². The molecule has 0 saturated heterocycles. The number of benzene rings is 1. The molecule has 0 unspecified atom stereocenters. The lowest BCUT2D eigenvalue weighted by molar-refractivity contribution is 1.23. The summed E-state index contributed by atoms with van der Waals surface area (Å²) in [5.74, 6) is 0.533. The van der Waals surface area contributed by atoms with Crippen LogP contribution in [0.15, 0.2) is 39.6 Å². The summed E-state index contributed by atoms with van der Waals surface area (Å²) in [6, 6.07) is 6.04. The first-order chi connectivity index (χ1) is 6.63. The second-order valence-electron chi connectivity index (χ2n) is 2.98. The monoisotopic (exact) mass is 252 g/mol. The van der Waals surface area contributed by atoms with Crippen molar-refractivity contribution in [1.82, 2.24) is 0 Å². The molecular formula is C11H13BrN2. The maximum Gasteiger partial charge on any atom is 0.118 e. The first-order valence-corrected chi connectivity index (χ1v) is 5.15. The molecular weight excluding hydrogens is 240 g/mol. The molecule has 1 aromatic rings. The number of nitrogens with two attached hydrogens (primary N) is 1. The minimum Gasteiger partial charge on any atom is -0.384 e. The minimum absolute atomic E-state index is 0.533. The van der Waals surface area contributed by atoms with Gasteiger partial charge in [-0.15, -0.1) is 0 Å². The SMILES string of the molecule is C/C=C(N)\N=C/c1ccc(Br)c(C)c1. The molecule has 0 aliphatic carbocycles. The third-order valence-electron chi connectivity index (χ3n) is 1.84. The number of hydrogen-bond acceptors (Lipinski definition) is 2. The van der Waals surface area contributed by atoms with E-state index in [0.717, 1.165) is 10.0 Å². The molecule has 0 fully saturated rings. The van der Waals surface area contributed by atoms with Gasteiger partial charge in [0.05, 0.1) is 0 Å². The van der Waals surface area contributed by atoms with E-state index in [1.165, 1.54) is 5.56 Å². The molecule has 0 aliphatic heterocycles. The van der Waals surface area contributed by atoms with Gasteiger partial charge in [0.1, 0.15) is 5.82 Å². The molecule has 0 heterocycles. The van der Waals surface area contributed by atoms with Crippen molar-refractivity contribution in [3.63, 3.8) is 0 Å². The van der Waals surface area contributed by atoms with Gasteiger partial charge >= 0.3 is 0 Å². The number of allylic oxidation sites excluding steroid dienone is 1. The normalized spacial score (nSPS) is 12.4. The zero-order valence-electron chi connectivity index (χ0n) is 8.29. The van der Waals surface area contributed by atoms with Crippen LogP contribution in [-0.2, 0) is 0 Å². The van der Waals surface area contributed by atoms with Crippen molar-refractivity contribution < 1.29 is 0 Å². The number of hydrogen-bond donors (Lipinski definition) is 1. The van der Waals surface area contributed by atoms with Gasteiger partial charge in [-0.05, 0) is 43.2 Å². The van der Waals surface area contributed by atoms with Crippen molar-refractivity contribution in [1.29, 1.82) is 0 Å². The van der Waals surface area contributed by atoms with Gasteiger partial charge < -0.3 is 5.73 Å². The van der Waals surface area contributed by atoms with Gasteiger partial charge in [0.2, 0.25) is 0 Å². The van der Waals surface area contributed by atoms with Crippen LogP contribution in [0.1, 0.15) is 18.1 Å². The number of aliphatic imine (C=N–C) groups is 1. The molecule has 0 atom stereocenters. The Kier molecular flexibility index (Phi) is 3.89. The van der Waals surface area contributed by atoms with Crippen LogP contribution in [0.25, 0.3) is 0 Å². The predicted molar refractivity (Wildman–Crippen MR) is 64.4 cm³/mol. The summed E-state index contributed by atoms with van der Waals surface area (Å²) in [5.41, 5.74) is 7.78. The van der Waals surface area contributed by atoms with Gasteiger partial charge in [0.25, 0.3) is 0 Å². The lowest BCUT2D eigenvalue weighted by Crippen LogP contribution is -1.93. The molecule has 0 aromatic heterocycles. The van der Waals surface area contributed by atoms with Crippen LogP contribution in [0.2, 0.25) is 0 Å². The zero-order valence-corrected chi connectivity index (χ0v) is 9.88. The van der Waals surface area contributed by atoms with Crippen molar-refractivity contribution in [3.8, 4) is 0 Å². The van der Waals surface area contributed by atoms with Crippen molar-refractivity contribution in [2.45, 2.75) is 13.8 Å². The summed E-state index contributed by atoms with van der Waals surface area (Å²) in [5, 5.41) is 0. The van der Waals surface area contributed by atoms with Crippen LogP contribution in [0.5, 0.6) is 0 Å². The summed E-state index contributed by atoms with van der Waals surface area (Å²) in [6.07, 6.45) is 3.52. The Morgan fingerprint density at radius 2 is 2.21 bits per heavy atom. The zero-order chi connectivity index (χ0) is 10.6. The Morgan fingerprint density at radius 1 is 1.50 bits per heavy atom. The molecule has 1 aromatic carbocycles. The van der Waals surface area contributed by atoms with E-state index >= 15 is 0 Å². The first-order valence-electron chi connectivity index (χ1n) is 4.35. The summed E-state index contributed by atoms with van der Waals surface area (Å²) < 4.78 is 1.11. The summed E-state index contributed by atoms with van der Waals surface area (Å²) in [6.45, 7) is 3.90. The molecule has 2 nitrogen and oxygen atoms in total. The molecule has 0 spiro atoms. The molecule has 3 heteroatoms. The summed E-state index contributed by atoms with van der Waals surface area (Å²) in [7, 11) is 0. The Morgan fingerprint density at radius 3 is 2.79 bits per heavy atom. The fraction of sp³-hybridized carbons (Fsp3) is 0.182. The highest BCUT2D eigenvalue weighted by Crippen LogP contribution is 2.16. The van der Waals surface area contributed by atoms with E-state index in [4.69, 9.17) is 5.73 Å². The summed E-state index contributed by atoms with van der Waals surface area (Å²) in [4.78, 5) is 4.08. The van der Waals surface area contributed by atoms with Gasteiger partial charge in [-0.2, -0.15) is 0 Å². The van der Waals surface area contributed by atoms with Crippen molar-refractivity contribution in [2.24, 2.45) is 10.7 Å². The van der Waals surface area contributed by atoms with E-state index in [2.05, 4.69) is 27.0 Å². The van der Waals surface area contributed by atoms with Gasteiger partial charge in [0.15, 0.2) is 0 Å². The van der Waals surface area contributed by atoms with Crippen molar-refractivity contribution in [3.05, 3.63) is 45.7 Å². The van der Waals surface area contributed by atoms with E-state index in [-0.39, 0.29) is 0 Å². The average molecular weight is 253 g/mol. The summed E-state index contributed by atoms with van der Waals surface area (Å²) >= 11 is 3.44. The van der Waals surface area contributed by atoms with Crippen LogP contribution < -0.4 is 5.73 Å². The third kappa shape index (κ3) is 3.00. The second kappa shape index (κ2) is 4.96. The highest BCUT2D eigenvalue weighted by atomic mass is 79.9. The molecule has 0 amide bonds. The Labute approximate surface area is 92.7 Å². The van der Waals surface area contributed by atoms with E-state index in [9.17, 15) is 0 Å². The van der Waals surface area contributed by atoms with E-state index < -0.39 is 0 Å². The number of nitrogens with zero attached hydrogens (tertiary/aromatic N) is 1. The van der Waals surface area contributed by atoms with Gasteiger partial charge in [-0.3, -0.25) is 0 Å². The molecule has 14 heavy (non-hydrogen) atoms. The molecule has 0 radical (unpaired) electrons. The Hall–Kier alpha value is -1.09. The molecule has 2 N–H and O–H groups in total. The second-order valence-corrected chi connectivity index (χ2v) is 3.83. The maximum atomic E-state index is 5.54. The molecule has 1 rings (SSSR count). The largest absolute Gasteiger partial charge is 0.384 e. The van der Waals surface area contributed by atoms with E-state index in [1.54, 1.807) is 12.3 Å². The lowest BCUT2D eigenvalue weighted by atomic mass is 10.1. The fourth-order valence-electron chi connectivity index (χ4n) is 0.972. The van der Waals surface area contributed by atoms with E-state index in [1.807, 2.05) is 26.0 Å². The standard InChI is InChI=1S/C11H13BrN2/c1-3-11(13)14-7-9-4-5-10(12)8(2)6-9/h3-7H,13H2,1-2H3/b11-3-,14-7-. The topological polar surface area (TPSA) is 38.4 Å². The lowest BCUT2D eigenvalue weighted by Gasteiger charge is -1.98. The Bertz CT molecular complexity index is 381. The molecule has 74 valence electrons. The fourth-order valence-corrected chi connectivity index (χ4v) is 1.22. The Balaban J connectivity index is 2.88. The van der Waals surface area contributed by atoms with Crippen LogP contribution in [-0.4, -0.2) is 6.21 Å². The third-order valence-corrected chi connectivity index (χ3v) is 2.73. The predicted octanol–water partition coefficient (Wildman–Crippen LogP) is 3.00. The minimum atomic E-state index is 0.533.